The zero-order valence-corrected chi connectivity index (χ0v) is 6.74. The maximum Gasteiger partial charge on any atom is 0.00661 e. The Morgan fingerprint density at radius 2 is 2.38 bits per heavy atom. The van der Waals surface area contributed by atoms with Crippen LogP contribution in [0.2, 0.25) is 0 Å². The molecule has 0 amide bonds. The fourth-order valence-electron chi connectivity index (χ4n) is 0.366. The third kappa shape index (κ3) is 4.13. The van der Waals surface area contributed by atoms with Crippen LogP contribution in [-0.2, 0) is 0 Å². The number of halogens is 1. The molecule has 0 aromatic heterocycles. The first-order valence-electron chi connectivity index (χ1n) is 2.66. The molecular weight excluding hydrogens is 164 g/mol. The number of alkyl halides is 1. The molecule has 0 saturated heterocycles. The molecule has 0 aromatic carbocycles. The van der Waals surface area contributed by atoms with Crippen molar-refractivity contribution in [1.82, 2.24) is 0 Å². The largest absolute Gasteiger partial charge is 0.0988 e. The van der Waals surface area contributed by atoms with Crippen molar-refractivity contribution in [1.29, 1.82) is 0 Å². The second-order valence-corrected chi connectivity index (χ2v) is 2.42. The van der Waals surface area contributed by atoms with E-state index in [2.05, 4.69) is 35.5 Å². The van der Waals surface area contributed by atoms with Gasteiger partial charge in [-0.25, -0.2) is 0 Å². The first-order valence-corrected chi connectivity index (χ1v) is 3.78. The maximum atomic E-state index is 3.63. The molecule has 0 fully saturated rings. The normalized spacial score (nSPS) is 11.5. The number of rotatable bonds is 3. The molecule has 0 heterocycles. The molecule has 0 bridgehead atoms. The monoisotopic (exact) mass is 174 g/mol. The van der Waals surface area contributed by atoms with Crippen LogP contribution in [-0.4, -0.2) is 5.33 Å². The minimum absolute atomic E-state index is 1.04. The van der Waals surface area contributed by atoms with Gasteiger partial charge in [-0.1, -0.05) is 40.2 Å². The molecule has 0 rings (SSSR count). The molecule has 46 valence electrons. The lowest BCUT2D eigenvalue weighted by Gasteiger charge is -1.86. The molecule has 0 atom stereocenters. The van der Waals surface area contributed by atoms with Crippen molar-refractivity contribution in [3.05, 3.63) is 24.3 Å². The summed E-state index contributed by atoms with van der Waals surface area (Å²) < 4.78 is 0. The summed E-state index contributed by atoms with van der Waals surface area (Å²) in [7, 11) is 0. The van der Waals surface area contributed by atoms with Crippen LogP contribution in [0.3, 0.4) is 0 Å². The smallest absolute Gasteiger partial charge is 0.00661 e. The predicted octanol–water partition coefficient (Wildman–Crippen LogP) is 2.90. The summed E-state index contributed by atoms with van der Waals surface area (Å²) >= 11 is 3.33. The molecule has 0 unspecified atom stereocenters. The van der Waals surface area contributed by atoms with E-state index in [0.717, 1.165) is 11.8 Å². The molecule has 0 aliphatic heterocycles. The van der Waals surface area contributed by atoms with Crippen LogP contribution >= 0.6 is 15.9 Å². The van der Waals surface area contributed by atoms with Crippen LogP contribution in [0, 0.1) is 0 Å². The Morgan fingerprint density at radius 1 is 1.75 bits per heavy atom. The van der Waals surface area contributed by atoms with Crippen LogP contribution in [0.25, 0.3) is 0 Å². The lowest BCUT2D eigenvalue weighted by atomic mass is 10.2. The highest BCUT2D eigenvalue weighted by atomic mass is 79.9. The summed E-state index contributed by atoms with van der Waals surface area (Å²) in [6.07, 6.45) is 5.11. The van der Waals surface area contributed by atoms with Gasteiger partial charge < -0.3 is 0 Å². The first kappa shape index (κ1) is 7.96. The van der Waals surface area contributed by atoms with Gasteiger partial charge >= 0.3 is 0 Å². The van der Waals surface area contributed by atoms with Crippen LogP contribution in [0.4, 0.5) is 0 Å². The fraction of sp³-hybridized carbons (Fsp3) is 0.429. The standard InChI is InChI=1S/C7H11Br/c1-3-7(2)5-4-6-8/h3,5H,1,4,6H2,2H3/b7-5-. The lowest BCUT2D eigenvalue weighted by Crippen LogP contribution is -1.69. The van der Waals surface area contributed by atoms with E-state index in [1.807, 2.05) is 6.08 Å². The van der Waals surface area contributed by atoms with E-state index in [4.69, 9.17) is 0 Å². The lowest BCUT2D eigenvalue weighted by molar-refractivity contribution is 1.23. The molecule has 0 aliphatic rings. The molecule has 8 heavy (non-hydrogen) atoms. The van der Waals surface area contributed by atoms with Gasteiger partial charge in [0.2, 0.25) is 0 Å². The zero-order valence-electron chi connectivity index (χ0n) is 5.15. The van der Waals surface area contributed by atoms with Gasteiger partial charge in [0.05, 0.1) is 0 Å². The second kappa shape index (κ2) is 5.10. The Labute approximate surface area is 59.4 Å². The van der Waals surface area contributed by atoms with Crippen molar-refractivity contribution >= 4 is 15.9 Å². The molecule has 0 saturated carbocycles. The third-order valence-corrected chi connectivity index (χ3v) is 1.36. The van der Waals surface area contributed by atoms with E-state index in [-0.39, 0.29) is 0 Å². The molecule has 0 nitrogen and oxygen atoms in total. The van der Waals surface area contributed by atoms with E-state index in [9.17, 15) is 0 Å². The van der Waals surface area contributed by atoms with Crippen LogP contribution < -0.4 is 0 Å². The molecule has 0 N–H and O–H groups in total. The summed E-state index contributed by atoms with van der Waals surface area (Å²) in [5, 5.41) is 1.04. The van der Waals surface area contributed by atoms with Crippen LogP contribution in [0.1, 0.15) is 13.3 Å². The van der Waals surface area contributed by atoms with Gasteiger partial charge in [0.15, 0.2) is 0 Å². The molecule has 0 aromatic rings. The van der Waals surface area contributed by atoms with Crippen molar-refractivity contribution in [3.8, 4) is 0 Å². The number of hydrogen-bond donors (Lipinski definition) is 0. The highest BCUT2D eigenvalue weighted by Crippen LogP contribution is 1.96. The minimum Gasteiger partial charge on any atom is -0.0988 e. The molecule has 0 spiro atoms. The summed E-state index contributed by atoms with van der Waals surface area (Å²) in [6.45, 7) is 5.68. The van der Waals surface area contributed by atoms with Crippen molar-refractivity contribution in [2.24, 2.45) is 0 Å². The molecule has 0 radical (unpaired) electrons. The molecular formula is C7H11Br. The maximum absolute atomic E-state index is 3.63. The van der Waals surface area contributed by atoms with Gasteiger partial charge in [-0.3, -0.25) is 0 Å². The van der Waals surface area contributed by atoms with Crippen molar-refractivity contribution < 1.29 is 0 Å². The van der Waals surface area contributed by atoms with Gasteiger partial charge in [0.1, 0.15) is 0 Å². The summed E-state index contributed by atoms with van der Waals surface area (Å²) in [5.74, 6) is 0. The topological polar surface area (TPSA) is 0 Å². The van der Waals surface area contributed by atoms with E-state index in [0.29, 0.717) is 0 Å². The average molecular weight is 175 g/mol. The zero-order chi connectivity index (χ0) is 6.41. The van der Waals surface area contributed by atoms with Gasteiger partial charge in [-0.2, -0.15) is 0 Å². The van der Waals surface area contributed by atoms with Crippen molar-refractivity contribution in [2.45, 2.75) is 13.3 Å². The average Bonchev–Trinajstić information content (AvgIpc) is 1.83. The quantitative estimate of drug-likeness (QED) is 0.457. The molecule has 0 aliphatic carbocycles. The van der Waals surface area contributed by atoms with Crippen molar-refractivity contribution in [2.75, 3.05) is 5.33 Å². The minimum atomic E-state index is 1.04. The third-order valence-electron chi connectivity index (χ3n) is 0.897. The predicted molar refractivity (Wildman–Crippen MR) is 42.4 cm³/mol. The Kier molecular flexibility index (Phi) is 5.08. The summed E-state index contributed by atoms with van der Waals surface area (Å²) in [6, 6.07) is 0. The Bertz CT molecular complexity index is 92.6. The van der Waals surface area contributed by atoms with Crippen molar-refractivity contribution in [3.63, 3.8) is 0 Å². The van der Waals surface area contributed by atoms with Crippen LogP contribution in [0.5, 0.6) is 0 Å². The Balaban J connectivity index is 3.40. The molecule has 1 heteroatoms. The van der Waals surface area contributed by atoms with Gasteiger partial charge in [-0.05, 0) is 13.3 Å². The van der Waals surface area contributed by atoms with Crippen LogP contribution in [0.15, 0.2) is 24.3 Å². The van der Waals surface area contributed by atoms with E-state index in [1.54, 1.807) is 0 Å². The Morgan fingerprint density at radius 3 is 2.75 bits per heavy atom. The van der Waals surface area contributed by atoms with Gasteiger partial charge in [-0.15, -0.1) is 0 Å². The highest BCUT2D eigenvalue weighted by Gasteiger charge is 1.77. The second-order valence-electron chi connectivity index (χ2n) is 1.63. The van der Waals surface area contributed by atoms with E-state index >= 15 is 0 Å². The summed E-state index contributed by atoms with van der Waals surface area (Å²) in [4.78, 5) is 0. The van der Waals surface area contributed by atoms with E-state index in [1.165, 1.54) is 5.57 Å². The SMILES string of the molecule is C=C/C(C)=C\CCBr. The Hall–Kier alpha value is -0.0400. The van der Waals surface area contributed by atoms with Gasteiger partial charge in [0.25, 0.3) is 0 Å². The van der Waals surface area contributed by atoms with E-state index < -0.39 is 0 Å². The van der Waals surface area contributed by atoms with Gasteiger partial charge in [0, 0.05) is 5.33 Å². The first-order chi connectivity index (χ1) is 3.81. The number of hydrogen-bond acceptors (Lipinski definition) is 0. The highest BCUT2D eigenvalue weighted by molar-refractivity contribution is 9.09. The fourth-order valence-corrected chi connectivity index (χ4v) is 0.594. The number of allylic oxidation sites excluding steroid dienone is 3. The summed E-state index contributed by atoms with van der Waals surface area (Å²) in [5.41, 5.74) is 1.25.